The van der Waals surface area contributed by atoms with Gasteiger partial charge in [0.15, 0.2) is 11.0 Å². The van der Waals surface area contributed by atoms with Crippen molar-refractivity contribution < 1.29 is 9.59 Å². The van der Waals surface area contributed by atoms with Crippen LogP contribution in [-0.4, -0.2) is 43.8 Å². The number of hydrogen-bond acceptors (Lipinski definition) is 5. The summed E-state index contributed by atoms with van der Waals surface area (Å²) in [6, 6.07) is 16.6. The van der Waals surface area contributed by atoms with Gasteiger partial charge in [-0.3, -0.25) is 9.59 Å². The number of likely N-dealkylation sites (tertiary alicyclic amines) is 1. The van der Waals surface area contributed by atoms with Gasteiger partial charge in [0.1, 0.15) is 0 Å². The fourth-order valence-electron chi connectivity index (χ4n) is 3.76. The molecule has 7 nitrogen and oxygen atoms in total. The largest absolute Gasteiger partial charge is 0.351 e. The van der Waals surface area contributed by atoms with Crippen molar-refractivity contribution in [2.24, 2.45) is 7.05 Å². The number of nitrogens with zero attached hydrogens (tertiary/aromatic N) is 4. The van der Waals surface area contributed by atoms with Crippen LogP contribution in [0, 0.1) is 0 Å². The predicted octanol–water partition coefficient (Wildman–Crippen LogP) is 3.85. The van der Waals surface area contributed by atoms with Gasteiger partial charge in [0.25, 0.3) is 5.91 Å². The number of thioether (sulfide) groups is 1. The van der Waals surface area contributed by atoms with E-state index < -0.39 is 0 Å². The number of rotatable bonds is 7. The minimum absolute atomic E-state index is 0.0401. The average molecular weight is 470 g/mol. The lowest BCUT2D eigenvalue weighted by Crippen LogP contribution is -2.31. The number of carbonyl (C=O) groups excluding carboxylic acids is 2. The zero-order valence-corrected chi connectivity index (χ0v) is 19.3. The molecule has 0 bridgehead atoms. The van der Waals surface area contributed by atoms with E-state index in [2.05, 4.69) is 15.5 Å². The number of nitrogens with one attached hydrogen (secondary N) is 1. The maximum Gasteiger partial charge on any atom is 0.254 e. The van der Waals surface area contributed by atoms with Crippen LogP contribution in [0.2, 0.25) is 5.02 Å². The third-order valence-corrected chi connectivity index (χ3v) is 6.71. The van der Waals surface area contributed by atoms with E-state index in [0.29, 0.717) is 28.8 Å². The van der Waals surface area contributed by atoms with Gasteiger partial charge in [0, 0.05) is 30.7 Å². The van der Waals surface area contributed by atoms with E-state index in [1.54, 1.807) is 24.3 Å². The fraction of sp³-hybridized carbons (Fsp3) is 0.304. The van der Waals surface area contributed by atoms with Crippen LogP contribution < -0.4 is 5.32 Å². The van der Waals surface area contributed by atoms with E-state index in [-0.39, 0.29) is 23.6 Å². The molecule has 0 aliphatic carbocycles. The molecule has 0 saturated carbocycles. The Balaban J connectivity index is 1.37. The minimum atomic E-state index is -0.142. The molecular weight excluding hydrogens is 446 g/mol. The van der Waals surface area contributed by atoms with Crippen LogP contribution in [0.15, 0.2) is 59.8 Å². The van der Waals surface area contributed by atoms with Crippen molar-refractivity contribution in [3.05, 3.63) is 76.6 Å². The van der Waals surface area contributed by atoms with Crippen LogP contribution in [0.1, 0.15) is 40.6 Å². The molecule has 9 heteroatoms. The maximum absolute atomic E-state index is 13.0. The highest BCUT2D eigenvalue weighted by atomic mass is 35.5. The van der Waals surface area contributed by atoms with E-state index in [1.807, 2.05) is 46.8 Å². The van der Waals surface area contributed by atoms with Crippen LogP contribution in [0.25, 0.3) is 0 Å². The molecule has 2 aromatic carbocycles. The van der Waals surface area contributed by atoms with Crippen molar-refractivity contribution >= 4 is 35.2 Å². The van der Waals surface area contributed by atoms with Crippen molar-refractivity contribution in [3.8, 4) is 0 Å². The lowest BCUT2D eigenvalue weighted by Gasteiger charge is -2.24. The molecule has 2 amide bonds. The molecule has 1 aliphatic rings. The quantitative estimate of drug-likeness (QED) is 0.531. The Morgan fingerprint density at radius 2 is 1.88 bits per heavy atom. The summed E-state index contributed by atoms with van der Waals surface area (Å²) in [4.78, 5) is 27.1. The van der Waals surface area contributed by atoms with Crippen molar-refractivity contribution in [1.29, 1.82) is 0 Å². The second kappa shape index (κ2) is 10.2. The molecule has 2 heterocycles. The third-order valence-electron chi connectivity index (χ3n) is 5.44. The van der Waals surface area contributed by atoms with Gasteiger partial charge in [-0.15, -0.1) is 10.2 Å². The fourth-order valence-corrected chi connectivity index (χ4v) is 4.63. The lowest BCUT2D eigenvalue weighted by molar-refractivity contribution is -0.118. The van der Waals surface area contributed by atoms with Crippen LogP contribution in [-0.2, 0) is 18.4 Å². The molecule has 166 valence electrons. The molecule has 32 heavy (non-hydrogen) atoms. The number of benzene rings is 2. The molecule has 1 saturated heterocycles. The van der Waals surface area contributed by atoms with Gasteiger partial charge >= 0.3 is 0 Å². The number of halogens is 1. The summed E-state index contributed by atoms with van der Waals surface area (Å²) in [5.74, 6) is 0.874. The van der Waals surface area contributed by atoms with Gasteiger partial charge in [0.05, 0.1) is 11.8 Å². The predicted molar refractivity (Wildman–Crippen MR) is 124 cm³/mol. The summed E-state index contributed by atoms with van der Waals surface area (Å²) in [7, 11) is 1.88. The Bertz CT molecular complexity index is 1090. The molecule has 1 unspecified atom stereocenters. The van der Waals surface area contributed by atoms with Crippen molar-refractivity contribution in [1.82, 2.24) is 25.0 Å². The third kappa shape index (κ3) is 5.14. The normalized spacial score (nSPS) is 15.7. The summed E-state index contributed by atoms with van der Waals surface area (Å²) < 4.78 is 1.88. The number of carbonyl (C=O) groups is 2. The van der Waals surface area contributed by atoms with Crippen LogP contribution in [0.4, 0.5) is 0 Å². The van der Waals surface area contributed by atoms with E-state index in [1.165, 1.54) is 11.8 Å². The Hall–Kier alpha value is -2.84. The topological polar surface area (TPSA) is 80.1 Å². The summed E-state index contributed by atoms with van der Waals surface area (Å²) in [6.45, 7) is 1.16. The zero-order valence-electron chi connectivity index (χ0n) is 17.7. The minimum Gasteiger partial charge on any atom is -0.351 e. The first kappa shape index (κ1) is 22.4. The first-order valence-electron chi connectivity index (χ1n) is 10.4. The van der Waals surface area contributed by atoms with Crippen LogP contribution in [0.3, 0.4) is 0 Å². The van der Waals surface area contributed by atoms with Gasteiger partial charge < -0.3 is 14.8 Å². The molecule has 1 aliphatic heterocycles. The highest BCUT2D eigenvalue weighted by Crippen LogP contribution is 2.33. The van der Waals surface area contributed by atoms with Crippen LogP contribution >= 0.6 is 23.4 Å². The summed E-state index contributed by atoms with van der Waals surface area (Å²) in [5.41, 5.74) is 1.66. The van der Waals surface area contributed by atoms with Gasteiger partial charge in [0.2, 0.25) is 5.91 Å². The van der Waals surface area contributed by atoms with Gasteiger partial charge in [-0.1, -0.05) is 53.7 Å². The molecule has 1 fully saturated rings. The van der Waals surface area contributed by atoms with Gasteiger partial charge in [-0.05, 0) is 42.7 Å². The lowest BCUT2D eigenvalue weighted by atomic mass is 10.1. The van der Waals surface area contributed by atoms with Gasteiger partial charge in [-0.2, -0.15) is 0 Å². The Labute approximate surface area is 196 Å². The maximum atomic E-state index is 13.0. The number of amides is 2. The van der Waals surface area contributed by atoms with E-state index in [4.69, 9.17) is 11.6 Å². The van der Waals surface area contributed by atoms with Gasteiger partial charge in [-0.25, -0.2) is 0 Å². The van der Waals surface area contributed by atoms with Crippen molar-refractivity contribution in [3.63, 3.8) is 0 Å². The monoisotopic (exact) mass is 469 g/mol. The molecule has 0 radical (unpaired) electrons. The highest BCUT2D eigenvalue weighted by molar-refractivity contribution is 7.99. The van der Waals surface area contributed by atoms with E-state index >= 15 is 0 Å². The first-order chi connectivity index (χ1) is 15.5. The molecule has 0 spiro atoms. The Morgan fingerprint density at radius 1 is 1.12 bits per heavy atom. The Morgan fingerprint density at radius 3 is 2.62 bits per heavy atom. The average Bonchev–Trinajstić information content (AvgIpc) is 3.43. The first-order valence-corrected chi connectivity index (χ1v) is 11.8. The molecule has 1 aromatic heterocycles. The summed E-state index contributed by atoms with van der Waals surface area (Å²) >= 11 is 7.29. The summed E-state index contributed by atoms with van der Waals surface area (Å²) in [6.07, 6.45) is 1.73. The molecule has 4 rings (SSSR count). The number of hydrogen-bond donors (Lipinski definition) is 1. The van der Waals surface area contributed by atoms with Crippen molar-refractivity contribution in [2.45, 2.75) is 30.6 Å². The van der Waals surface area contributed by atoms with Crippen LogP contribution in [0.5, 0.6) is 0 Å². The zero-order chi connectivity index (χ0) is 22.5. The smallest absolute Gasteiger partial charge is 0.254 e. The highest BCUT2D eigenvalue weighted by Gasteiger charge is 2.34. The standard InChI is InChI=1S/C23H24ClN5O2S/c1-28-21(19-8-5-13-29(19)22(31)17-9-11-18(24)12-10-17)26-27-23(28)32-15-20(30)25-14-16-6-3-2-4-7-16/h2-4,6-7,9-12,19H,5,8,13-15H2,1H3,(H,25,30). The molecule has 1 N–H and O–H groups in total. The van der Waals surface area contributed by atoms with E-state index in [9.17, 15) is 9.59 Å². The SMILES string of the molecule is Cn1c(SCC(=O)NCc2ccccc2)nnc1C1CCCN1C(=O)c1ccc(Cl)cc1. The molecule has 1 atom stereocenters. The molecule has 3 aromatic rings. The second-order valence-electron chi connectivity index (χ2n) is 7.61. The second-order valence-corrected chi connectivity index (χ2v) is 8.99. The number of aromatic nitrogens is 3. The Kier molecular flexibility index (Phi) is 7.12. The van der Waals surface area contributed by atoms with Crippen molar-refractivity contribution in [2.75, 3.05) is 12.3 Å². The van der Waals surface area contributed by atoms with E-state index in [0.717, 1.165) is 24.2 Å². The summed E-state index contributed by atoms with van der Waals surface area (Å²) in [5, 5.41) is 12.8. The molecular formula is C23H24ClN5O2S.